The molecule has 0 spiro atoms. The molecule has 2 aromatic carbocycles. The Balaban J connectivity index is 2.36. The Kier molecular flexibility index (Phi) is 2.88. The number of rotatable bonds is 1. The van der Waals surface area contributed by atoms with Crippen molar-refractivity contribution in [2.45, 2.75) is 0 Å². The minimum atomic E-state index is 0.00748. The smallest absolute Gasteiger partial charge is 0.258 e. The van der Waals surface area contributed by atoms with Gasteiger partial charge in [-0.1, -0.05) is 41.9 Å². The largest absolute Gasteiger partial charge is 0.311 e. The molecule has 0 N–H and O–H groups in total. The molecule has 3 aromatic rings. The van der Waals surface area contributed by atoms with E-state index in [0.29, 0.717) is 5.02 Å². The summed E-state index contributed by atoms with van der Waals surface area (Å²) in [4.78, 5) is 12.3. The fraction of sp³-hybridized carbons (Fsp3) is 0.0625. The van der Waals surface area contributed by atoms with Crippen LogP contribution in [0.3, 0.4) is 0 Å². The lowest BCUT2D eigenvalue weighted by Gasteiger charge is -2.10. The van der Waals surface area contributed by atoms with Crippen molar-refractivity contribution in [2.75, 3.05) is 0 Å². The van der Waals surface area contributed by atoms with E-state index in [1.54, 1.807) is 11.6 Å². The van der Waals surface area contributed by atoms with Crippen molar-refractivity contribution in [1.29, 1.82) is 0 Å². The molecular formula is C16H12ClNO. The van der Waals surface area contributed by atoms with E-state index in [2.05, 4.69) is 0 Å². The Bertz CT molecular complexity index is 820. The number of nitrogens with zero attached hydrogens (tertiary/aromatic N) is 1. The van der Waals surface area contributed by atoms with Crippen LogP contribution in [0.5, 0.6) is 0 Å². The summed E-state index contributed by atoms with van der Waals surface area (Å²) in [6.45, 7) is 0. The van der Waals surface area contributed by atoms with Gasteiger partial charge in [-0.15, -0.1) is 0 Å². The molecule has 3 heteroatoms. The van der Waals surface area contributed by atoms with Crippen LogP contribution in [0.1, 0.15) is 0 Å². The molecule has 0 saturated heterocycles. The van der Waals surface area contributed by atoms with Crippen LogP contribution in [0.25, 0.3) is 22.0 Å². The average molecular weight is 270 g/mol. The van der Waals surface area contributed by atoms with Crippen molar-refractivity contribution in [3.8, 4) is 11.3 Å². The van der Waals surface area contributed by atoms with Crippen molar-refractivity contribution in [2.24, 2.45) is 7.05 Å². The first-order valence-corrected chi connectivity index (χ1v) is 6.39. The third kappa shape index (κ3) is 2.04. The molecule has 0 unspecified atom stereocenters. The summed E-state index contributed by atoms with van der Waals surface area (Å²) in [6.07, 6.45) is 0. The number of pyridine rings is 1. The van der Waals surface area contributed by atoms with Crippen LogP contribution >= 0.6 is 11.6 Å². The Morgan fingerprint density at radius 3 is 2.58 bits per heavy atom. The minimum Gasteiger partial charge on any atom is -0.311 e. The standard InChI is InChI=1S/C16H12ClNO/c1-18-15(12-6-4-7-13(17)9-12)10-11-5-2-3-8-14(11)16(18)19/h2-10H,1H3. The molecule has 1 aromatic heterocycles. The molecule has 19 heavy (non-hydrogen) atoms. The molecule has 0 bridgehead atoms. The predicted octanol–water partition coefficient (Wildman–Crippen LogP) is 3.86. The molecule has 0 fully saturated rings. The van der Waals surface area contributed by atoms with E-state index in [1.165, 1.54) is 0 Å². The Hall–Kier alpha value is -2.06. The van der Waals surface area contributed by atoms with E-state index in [0.717, 1.165) is 22.0 Å². The molecule has 3 rings (SSSR count). The molecule has 94 valence electrons. The molecule has 0 radical (unpaired) electrons. The molecular weight excluding hydrogens is 258 g/mol. The number of benzene rings is 2. The highest BCUT2D eigenvalue weighted by atomic mass is 35.5. The minimum absolute atomic E-state index is 0.00748. The fourth-order valence-electron chi connectivity index (χ4n) is 2.28. The first kappa shape index (κ1) is 12.0. The lowest BCUT2D eigenvalue weighted by atomic mass is 10.1. The number of hydrogen-bond donors (Lipinski definition) is 0. The van der Waals surface area contributed by atoms with Gasteiger partial charge >= 0.3 is 0 Å². The van der Waals surface area contributed by atoms with Crippen molar-refractivity contribution < 1.29 is 0 Å². The summed E-state index contributed by atoms with van der Waals surface area (Å²) in [5.74, 6) is 0. The van der Waals surface area contributed by atoms with E-state index in [9.17, 15) is 4.79 Å². The lowest BCUT2D eigenvalue weighted by molar-refractivity contribution is 0.883. The van der Waals surface area contributed by atoms with Gasteiger partial charge in [0.05, 0.1) is 5.69 Å². The van der Waals surface area contributed by atoms with Crippen molar-refractivity contribution in [1.82, 2.24) is 4.57 Å². The average Bonchev–Trinajstić information content (AvgIpc) is 2.43. The summed E-state index contributed by atoms with van der Waals surface area (Å²) in [5.41, 5.74) is 1.82. The van der Waals surface area contributed by atoms with Crippen LogP contribution < -0.4 is 5.56 Å². The summed E-state index contributed by atoms with van der Waals surface area (Å²) in [5, 5.41) is 2.34. The SMILES string of the molecule is Cn1c(-c2cccc(Cl)c2)cc2ccccc2c1=O. The third-order valence-corrected chi connectivity index (χ3v) is 3.50. The van der Waals surface area contributed by atoms with Crippen LogP contribution in [0, 0.1) is 0 Å². The highest BCUT2D eigenvalue weighted by molar-refractivity contribution is 6.30. The van der Waals surface area contributed by atoms with Gasteiger partial charge in [-0.3, -0.25) is 4.79 Å². The van der Waals surface area contributed by atoms with E-state index >= 15 is 0 Å². The van der Waals surface area contributed by atoms with Crippen LogP contribution in [-0.4, -0.2) is 4.57 Å². The van der Waals surface area contributed by atoms with Crippen LogP contribution in [-0.2, 0) is 7.05 Å². The highest BCUT2D eigenvalue weighted by Crippen LogP contribution is 2.24. The number of fused-ring (bicyclic) bond motifs is 1. The maximum atomic E-state index is 12.3. The molecule has 0 saturated carbocycles. The number of hydrogen-bond acceptors (Lipinski definition) is 1. The highest BCUT2D eigenvalue weighted by Gasteiger charge is 2.08. The molecule has 1 heterocycles. The zero-order chi connectivity index (χ0) is 13.4. The van der Waals surface area contributed by atoms with Gasteiger partial charge in [-0.2, -0.15) is 0 Å². The molecule has 0 amide bonds. The molecule has 0 aliphatic rings. The second-order valence-electron chi connectivity index (χ2n) is 4.49. The van der Waals surface area contributed by atoms with Gasteiger partial charge in [0, 0.05) is 17.5 Å². The lowest BCUT2D eigenvalue weighted by Crippen LogP contribution is -2.18. The van der Waals surface area contributed by atoms with E-state index in [-0.39, 0.29) is 5.56 Å². The first-order valence-electron chi connectivity index (χ1n) is 6.01. The van der Waals surface area contributed by atoms with Gasteiger partial charge < -0.3 is 4.57 Å². The monoisotopic (exact) mass is 269 g/mol. The van der Waals surface area contributed by atoms with Crippen molar-refractivity contribution in [3.05, 3.63) is 70.0 Å². The van der Waals surface area contributed by atoms with Crippen LogP contribution in [0.2, 0.25) is 5.02 Å². The first-order chi connectivity index (χ1) is 9.16. The Labute approximate surface area is 115 Å². The quantitative estimate of drug-likeness (QED) is 0.657. The van der Waals surface area contributed by atoms with Crippen molar-refractivity contribution >= 4 is 22.4 Å². The number of halogens is 1. The van der Waals surface area contributed by atoms with Gasteiger partial charge in [-0.25, -0.2) is 0 Å². The maximum absolute atomic E-state index is 12.3. The maximum Gasteiger partial charge on any atom is 0.258 e. The van der Waals surface area contributed by atoms with E-state index in [1.807, 2.05) is 54.6 Å². The molecule has 0 aliphatic heterocycles. The Morgan fingerprint density at radius 2 is 1.79 bits per heavy atom. The van der Waals surface area contributed by atoms with E-state index < -0.39 is 0 Å². The summed E-state index contributed by atoms with van der Waals surface area (Å²) in [7, 11) is 1.78. The second-order valence-corrected chi connectivity index (χ2v) is 4.93. The van der Waals surface area contributed by atoms with Crippen LogP contribution in [0.15, 0.2) is 59.4 Å². The summed E-state index contributed by atoms with van der Waals surface area (Å²) in [6, 6.07) is 17.2. The van der Waals surface area contributed by atoms with Gasteiger partial charge in [0.2, 0.25) is 0 Å². The zero-order valence-corrected chi connectivity index (χ0v) is 11.2. The van der Waals surface area contributed by atoms with Gasteiger partial charge in [0.1, 0.15) is 0 Å². The normalized spacial score (nSPS) is 10.8. The fourth-order valence-corrected chi connectivity index (χ4v) is 2.47. The molecule has 0 atom stereocenters. The summed E-state index contributed by atoms with van der Waals surface area (Å²) >= 11 is 6.02. The third-order valence-electron chi connectivity index (χ3n) is 3.27. The molecule has 0 aliphatic carbocycles. The predicted molar refractivity (Wildman–Crippen MR) is 79.6 cm³/mol. The molecule has 2 nitrogen and oxygen atoms in total. The van der Waals surface area contributed by atoms with Gasteiger partial charge in [-0.05, 0) is 35.2 Å². The Morgan fingerprint density at radius 1 is 1.00 bits per heavy atom. The van der Waals surface area contributed by atoms with Crippen molar-refractivity contribution in [3.63, 3.8) is 0 Å². The summed E-state index contributed by atoms with van der Waals surface area (Å²) < 4.78 is 1.66. The number of aromatic nitrogens is 1. The van der Waals surface area contributed by atoms with Gasteiger partial charge in [0.25, 0.3) is 5.56 Å². The zero-order valence-electron chi connectivity index (χ0n) is 10.4. The van der Waals surface area contributed by atoms with E-state index in [4.69, 9.17) is 11.6 Å². The van der Waals surface area contributed by atoms with Gasteiger partial charge in [0.15, 0.2) is 0 Å². The van der Waals surface area contributed by atoms with Crippen LogP contribution in [0.4, 0.5) is 0 Å². The topological polar surface area (TPSA) is 22.0 Å². The second kappa shape index (κ2) is 4.56.